The maximum atomic E-state index is 9.13. The monoisotopic (exact) mass is 177 g/mol. The van der Waals surface area contributed by atoms with E-state index in [2.05, 4.69) is 12.2 Å². The van der Waals surface area contributed by atoms with Crippen molar-refractivity contribution in [1.29, 1.82) is 0 Å². The van der Waals surface area contributed by atoms with E-state index in [4.69, 9.17) is 5.11 Å². The summed E-state index contributed by atoms with van der Waals surface area (Å²) in [5.41, 5.74) is 1.28. The number of aromatic hydroxyl groups is 1. The molecule has 1 aliphatic rings. The van der Waals surface area contributed by atoms with Crippen LogP contribution >= 0.6 is 0 Å². The van der Waals surface area contributed by atoms with Crippen molar-refractivity contribution >= 4 is 0 Å². The highest BCUT2D eigenvalue weighted by atomic mass is 16.3. The Bertz CT molecular complexity index is 281. The number of hydrogen-bond donors (Lipinski definition) is 2. The van der Waals surface area contributed by atoms with Gasteiger partial charge in [-0.2, -0.15) is 0 Å². The number of benzene rings is 1. The van der Waals surface area contributed by atoms with Gasteiger partial charge in [-0.05, 0) is 36.6 Å². The Kier molecular flexibility index (Phi) is 2.23. The Morgan fingerprint density at radius 1 is 1.31 bits per heavy atom. The van der Waals surface area contributed by atoms with Crippen molar-refractivity contribution in [2.24, 2.45) is 5.92 Å². The van der Waals surface area contributed by atoms with Crippen molar-refractivity contribution < 1.29 is 5.11 Å². The van der Waals surface area contributed by atoms with Gasteiger partial charge in [-0.3, -0.25) is 0 Å². The fourth-order valence-electron chi connectivity index (χ4n) is 1.87. The summed E-state index contributed by atoms with van der Waals surface area (Å²) in [7, 11) is 0. The highest BCUT2D eigenvalue weighted by Crippen LogP contribution is 2.27. The molecule has 2 atom stereocenters. The number of hydrogen-bond acceptors (Lipinski definition) is 2. The summed E-state index contributed by atoms with van der Waals surface area (Å²) in [6.07, 6.45) is 1.20. The Labute approximate surface area is 78.6 Å². The van der Waals surface area contributed by atoms with E-state index in [0.29, 0.717) is 11.8 Å². The molecule has 2 heteroatoms. The third-order valence-electron chi connectivity index (χ3n) is 2.65. The minimum absolute atomic E-state index is 0.342. The quantitative estimate of drug-likeness (QED) is 0.688. The maximum absolute atomic E-state index is 9.13. The molecule has 0 aromatic heterocycles. The van der Waals surface area contributed by atoms with Gasteiger partial charge in [0.1, 0.15) is 5.75 Å². The first-order chi connectivity index (χ1) is 6.25. The van der Waals surface area contributed by atoms with Gasteiger partial charge in [-0.25, -0.2) is 0 Å². The van der Waals surface area contributed by atoms with Gasteiger partial charge in [-0.15, -0.1) is 0 Å². The van der Waals surface area contributed by atoms with E-state index in [-0.39, 0.29) is 0 Å². The molecule has 1 saturated heterocycles. The summed E-state index contributed by atoms with van der Waals surface area (Å²) in [5.74, 6) is 1.11. The van der Waals surface area contributed by atoms with E-state index < -0.39 is 0 Å². The molecule has 2 N–H and O–H groups in total. The van der Waals surface area contributed by atoms with Crippen molar-refractivity contribution in [3.63, 3.8) is 0 Å². The molecular weight excluding hydrogens is 162 g/mol. The van der Waals surface area contributed by atoms with Crippen LogP contribution in [0.25, 0.3) is 0 Å². The molecule has 0 aliphatic carbocycles. The fourth-order valence-corrected chi connectivity index (χ4v) is 1.87. The smallest absolute Gasteiger partial charge is 0.115 e. The molecule has 0 saturated carbocycles. The molecule has 1 fully saturated rings. The van der Waals surface area contributed by atoms with Crippen LogP contribution < -0.4 is 5.32 Å². The molecule has 2 unspecified atom stereocenters. The molecule has 0 bridgehead atoms. The second-order valence-electron chi connectivity index (χ2n) is 3.89. The van der Waals surface area contributed by atoms with Crippen molar-refractivity contribution in [3.05, 3.63) is 29.8 Å². The summed E-state index contributed by atoms with van der Waals surface area (Å²) in [5, 5.41) is 12.6. The molecule has 1 aromatic carbocycles. The number of rotatable bonds is 1. The molecular formula is C11H15NO. The molecule has 70 valence electrons. The van der Waals surface area contributed by atoms with Gasteiger partial charge < -0.3 is 10.4 Å². The lowest BCUT2D eigenvalue weighted by molar-refractivity contribution is 0.474. The van der Waals surface area contributed by atoms with Crippen LogP contribution in [0.3, 0.4) is 0 Å². The molecule has 1 aromatic rings. The lowest BCUT2D eigenvalue weighted by Crippen LogP contribution is -2.13. The second kappa shape index (κ2) is 3.38. The van der Waals surface area contributed by atoms with Crippen molar-refractivity contribution in [2.45, 2.75) is 19.4 Å². The zero-order valence-corrected chi connectivity index (χ0v) is 7.83. The summed E-state index contributed by atoms with van der Waals surface area (Å²) in [6, 6.07) is 7.96. The Balaban J connectivity index is 2.13. The van der Waals surface area contributed by atoms with Gasteiger partial charge in [0.05, 0.1) is 0 Å². The van der Waals surface area contributed by atoms with Crippen LogP contribution in [-0.2, 0) is 0 Å². The largest absolute Gasteiger partial charge is 0.508 e. The van der Waals surface area contributed by atoms with Crippen molar-refractivity contribution in [1.82, 2.24) is 5.32 Å². The maximum Gasteiger partial charge on any atom is 0.115 e. The van der Waals surface area contributed by atoms with Gasteiger partial charge in [0.25, 0.3) is 0 Å². The zero-order chi connectivity index (χ0) is 9.26. The molecule has 0 amide bonds. The average Bonchev–Trinajstić information content (AvgIpc) is 2.53. The van der Waals surface area contributed by atoms with E-state index in [9.17, 15) is 0 Å². The lowest BCUT2D eigenvalue weighted by atomic mass is 10.0. The standard InChI is InChI=1S/C11H15NO/c1-8-6-11(12-7-8)9-2-4-10(13)5-3-9/h2-5,8,11-13H,6-7H2,1H3. The van der Waals surface area contributed by atoms with Crippen LogP contribution in [0.2, 0.25) is 0 Å². The minimum atomic E-state index is 0.342. The first kappa shape index (κ1) is 8.57. The summed E-state index contributed by atoms with van der Waals surface area (Å²) >= 11 is 0. The average molecular weight is 177 g/mol. The number of phenolic OH excluding ortho intramolecular Hbond substituents is 1. The van der Waals surface area contributed by atoms with Gasteiger partial charge in [0.2, 0.25) is 0 Å². The van der Waals surface area contributed by atoms with Gasteiger partial charge in [0, 0.05) is 6.04 Å². The second-order valence-corrected chi connectivity index (χ2v) is 3.89. The highest BCUT2D eigenvalue weighted by Gasteiger charge is 2.21. The van der Waals surface area contributed by atoms with E-state index in [1.807, 2.05) is 12.1 Å². The van der Waals surface area contributed by atoms with Crippen LogP contribution in [0.4, 0.5) is 0 Å². The van der Waals surface area contributed by atoms with Crippen LogP contribution in [-0.4, -0.2) is 11.7 Å². The summed E-state index contributed by atoms with van der Waals surface area (Å²) < 4.78 is 0. The van der Waals surface area contributed by atoms with Gasteiger partial charge in [0.15, 0.2) is 0 Å². The zero-order valence-electron chi connectivity index (χ0n) is 7.83. The Hall–Kier alpha value is -1.02. The van der Waals surface area contributed by atoms with Crippen LogP contribution in [0, 0.1) is 5.92 Å². The minimum Gasteiger partial charge on any atom is -0.508 e. The third kappa shape index (κ3) is 1.83. The SMILES string of the molecule is CC1CNC(c2ccc(O)cc2)C1. The first-order valence-electron chi connectivity index (χ1n) is 4.78. The molecule has 1 heterocycles. The molecule has 2 nitrogen and oxygen atoms in total. The Morgan fingerprint density at radius 3 is 2.54 bits per heavy atom. The normalized spacial score (nSPS) is 27.8. The predicted octanol–water partition coefficient (Wildman–Crippen LogP) is 2.06. The fraction of sp³-hybridized carbons (Fsp3) is 0.455. The van der Waals surface area contributed by atoms with E-state index in [1.54, 1.807) is 12.1 Å². The van der Waals surface area contributed by atoms with Crippen LogP contribution in [0.15, 0.2) is 24.3 Å². The highest BCUT2D eigenvalue weighted by molar-refractivity contribution is 5.28. The predicted molar refractivity (Wildman–Crippen MR) is 52.6 cm³/mol. The van der Waals surface area contributed by atoms with Crippen molar-refractivity contribution in [2.75, 3.05) is 6.54 Å². The van der Waals surface area contributed by atoms with Gasteiger partial charge >= 0.3 is 0 Å². The third-order valence-corrected chi connectivity index (χ3v) is 2.65. The first-order valence-corrected chi connectivity index (χ1v) is 4.78. The van der Waals surface area contributed by atoms with E-state index >= 15 is 0 Å². The molecule has 1 aliphatic heterocycles. The summed E-state index contributed by atoms with van der Waals surface area (Å²) in [6.45, 7) is 3.36. The molecule has 13 heavy (non-hydrogen) atoms. The van der Waals surface area contributed by atoms with Crippen molar-refractivity contribution in [3.8, 4) is 5.75 Å². The molecule has 2 rings (SSSR count). The van der Waals surface area contributed by atoms with Gasteiger partial charge in [-0.1, -0.05) is 19.1 Å². The number of nitrogens with one attached hydrogen (secondary N) is 1. The van der Waals surface area contributed by atoms with E-state index in [0.717, 1.165) is 12.5 Å². The van der Waals surface area contributed by atoms with E-state index in [1.165, 1.54) is 12.0 Å². The Morgan fingerprint density at radius 2 is 2.00 bits per heavy atom. The summed E-state index contributed by atoms with van der Waals surface area (Å²) in [4.78, 5) is 0. The molecule has 0 radical (unpaired) electrons. The lowest BCUT2D eigenvalue weighted by Gasteiger charge is -2.10. The number of phenols is 1. The van der Waals surface area contributed by atoms with Crippen LogP contribution in [0.1, 0.15) is 24.9 Å². The molecule has 0 spiro atoms. The topological polar surface area (TPSA) is 32.3 Å². The van der Waals surface area contributed by atoms with Crippen LogP contribution in [0.5, 0.6) is 5.75 Å².